The number of carbonyl (C=O) groups excluding carboxylic acids is 1. The van der Waals surface area contributed by atoms with Crippen LogP contribution in [0.1, 0.15) is 24.2 Å². The largest absolute Gasteiger partial charge is 0.494 e. The third-order valence-corrected chi connectivity index (χ3v) is 3.48. The van der Waals surface area contributed by atoms with Crippen molar-refractivity contribution in [2.75, 3.05) is 25.6 Å². The van der Waals surface area contributed by atoms with Crippen molar-refractivity contribution in [3.05, 3.63) is 47.0 Å². The van der Waals surface area contributed by atoms with Crippen LogP contribution in [0, 0.1) is 0 Å². The van der Waals surface area contributed by atoms with Crippen LogP contribution in [0.3, 0.4) is 0 Å². The summed E-state index contributed by atoms with van der Waals surface area (Å²) in [5, 5.41) is 3.13. The number of rotatable bonds is 7. The molecule has 0 unspecified atom stereocenters. The normalized spacial score (nSPS) is 10.2. The van der Waals surface area contributed by atoms with Crippen LogP contribution in [0.15, 0.2) is 36.4 Å². The number of carbonyl (C=O) groups is 1. The molecule has 0 radical (unpaired) electrons. The van der Waals surface area contributed by atoms with Gasteiger partial charge in [0.05, 0.1) is 25.3 Å². The Morgan fingerprint density at radius 3 is 2.33 bits per heavy atom. The number of methoxy groups -OCH3 is 1. The zero-order valence-corrected chi connectivity index (χ0v) is 14.6. The second-order valence-electron chi connectivity index (χ2n) is 4.83. The molecule has 24 heavy (non-hydrogen) atoms. The number of benzene rings is 2. The first-order chi connectivity index (χ1) is 11.6. The molecule has 0 saturated carbocycles. The molecular formula is C18H20ClNO4. The maximum Gasteiger partial charge on any atom is 0.255 e. The lowest BCUT2D eigenvalue weighted by Crippen LogP contribution is -2.12. The maximum absolute atomic E-state index is 12.4. The van der Waals surface area contributed by atoms with Gasteiger partial charge in [0.25, 0.3) is 5.91 Å². The van der Waals surface area contributed by atoms with E-state index < -0.39 is 0 Å². The number of nitrogens with one attached hydrogen (secondary N) is 1. The van der Waals surface area contributed by atoms with Gasteiger partial charge in [0.15, 0.2) is 11.5 Å². The van der Waals surface area contributed by atoms with E-state index in [4.69, 9.17) is 25.8 Å². The Morgan fingerprint density at radius 2 is 1.75 bits per heavy atom. The third kappa shape index (κ3) is 4.32. The zero-order chi connectivity index (χ0) is 17.5. The van der Waals surface area contributed by atoms with Gasteiger partial charge in [-0.25, -0.2) is 0 Å². The molecule has 0 aliphatic heterocycles. The van der Waals surface area contributed by atoms with Gasteiger partial charge in [0.2, 0.25) is 0 Å². The van der Waals surface area contributed by atoms with Gasteiger partial charge in [0.1, 0.15) is 5.75 Å². The Hall–Kier alpha value is -2.40. The Balaban J connectivity index is 2.18. The van der Waals surface area contributed by atoms with Crippen molar-refractivity contribution >= 4 is 23.2 Å². The topological polar surface area (TPSA) is 56.8 Å². The van der Waals surface area contributed by atoms with E-state index in [9.17, 15) is 4.79 Å². The molecule has 2 aromatic rings. The molecule has 5 nitrogen and oxygen atoms in total. The van der Waals surface area contributed by atoms with E-state index in [1.165, 1.54) is 7.11 Å². The van der Waals surface area contributed by atoms with Crippen molar-refractivity contribution in [2.45, 2.75) is 13.8 Å². The fourth-order valence-electron chi connectivity index (χ4n) is 2.14. The van der Waals surface area contributed by atoms with Gasteiger partial charge >= 0.3 is 0 Å². The Labute approximate surface area is 146 Å². The molecule has 0 aromatic heterocycles. The Bertz CT molecular complexity index is 701. The molecule has 0 aliphatic rings. The summed E-state index contributed by atoms with van der Waals surface area (Å²) >= 11 is 6.19. The quantitative estimate of drug-likeness (QED) is 0.805. The van der Waals surface area contributed by atoms with Crippen LogP contribution in [0.4, 0.5) is 5.69 Å². The molecular weight excluding hydrogens is 330 g/mol. The summed E-state index contributed by atoms with van der Waals surface area (Å²) < 4.78 is 16.1. The molecule has 0 heterocycles. The van der Waals surface area contributed by atoms with Crippen LogP contribution in [0.2, 0.25) is 5.02 Å². The van der Waals surface area contributed by atoms with E-state index in [2.05, 4.69) is 5.32 Å². The van der Waals surface area contributed by atoms with Crippen molar-refractivity contribution in [1.82, 2.24) is 0 Å². The summed E-state index contributed by atoms with van der Waals surface area (Å²) in [7, 11) is 1.50. The SMILES string of the molecule is CCOc1ccc(NC(=O)c2cc(Cl)c(OCC)c(OC)c2)cc1. The van der Waals surface area contributed by atoms with Gasteiger partial charge in [-0.1, -0.05) is 11.6 Å². The van der Waals surface area contributed by atoms with Gasteiger partial charge in [-0.05, 0) is 50.2 Å². The highest BCUT2D eigenvalue weighted by Crippen LogP contribution is 2.36. The smallest absolute Gasteiger partial charge is 0.255 e. The average molecular weight is 350 g/mol. The van der Waals surface area contributed by atoms with Gasteiger partial charge in [-0.3, -0.25) is 4.79 Å². The molecule has 2 rings (SSSR count). The molecule has 128 valence electrons. The van der Waals surface area contributed by atoms with Crippen LogP contribution in [-0.2, 0) is 0 Å². The van der Waals surface area contributed by atoms with Crippen LogP contribution < -0.4 is 19.5 Å². The number of ether oxygens (including phenoxy) is 3. The van der Waals surface area contributed by atoms with Crippen LogP contribution in [0.5, 0.6) is 17.2 Å². The summed E-state index contributed by atoms with van der Waals surface area (Å²) in [6, 6.07) is 10.3. The predicted octanol–water partition coefficient (Wildman–Crippen LogP) is 4.40. The zero-order valence-electron chi connectivity index (χ0n) is 13.9. The van der Waals surface area contributed by atoms with E-state index in [0.29, 0.717) is 41.0 Å². The van der Waals surface area contributed by atoms with Gasteiger partial charge in [-0.2, -0.15) is 0 Å². The number of amides is 1. The van der Waals surface area contributed by atoms with Crippen LogP contribution >= 0.6 is 11.6 Å². The summed E-state index contributed by atoms with van der Waals surface area (Å²) in [5.41, 5.74) is 1.04. The first kappa shape index (κ1) is 17.9. The molecule has 0 aliphatic carbocycles. The van der Waals surface area contributed by atoms with Crippen molar-refractivity contribution in [3.63, 3.8) is 0 Å². The van der Waals surface area contributed by atoms with E-state index in [1.807, 2.05) is 13.8 Å². The highest BCUT2D eigenvalue weighted by molar-refractivity contribution is 6.32. The van der Waals surface area contributed by atoms with Crippen LogP contribution in [-0.4, -0.2) is 26.2 Å². The van der Waals surface area contributed by atoms with Crippen molar-refractivity contribution in [1.29, 1.82) is 0 Å². The molecule has 0 bridgehead atoms. The van der Waals surface area contributed by atoms with E-state index in [-0.39, 0.29) is 5.91 Å². The molecule has 0 saturated heterocycles. The number of halogens is 1. The first-order valence-corrected chi connectivity index (χ1v) is 8.01. The lowest BCUT2D eigenvalue weighted by atomic mass is 10.1. The van der Waals surface area contributed by atoms with Crippen molar-refractivity contribution in [2.24, 2.45) is 0 Å². The second-order valence-corrected chi connectivity index (χ2v) is 5.24. The van der Waals surface area contributed by atoms with E-state index >= 15 is 0 Å². The minimum absolute atomic E-state index is 0.289. The van der Waals surface area contributed by atoms with Gasteiger partial charge in [0, 0.05) is 11.3 Å². The molecule has 0 atom stereocenters. The lowest BCUT2D eigenvalue weighted by Gasteiger charge is -2.13. The van der Waals surface area contributed by atoms with E-state index in [0.717, 1.165) is 5.75 Å². The summed E-state index contributed by atoms with van der Waals surface area (Å²) in [6.45, 7) is 4.81. The average Bonchev–Trinajstić information content (AvgIpc) is 2.58. The Kier molecular flexibility index (Phi) is 6.32. The van der Waals surface area contributed by atoms with Crippen LogP contribution in [0.25, 0.3) is 0 Å². The summed E-state index contributed by atoms with van der Waals surface area (Å²) in [5.74, 6) is 1.31. The monoisotopic (exact) mass is 349 g/mol. The predicted molar refractivity (Wildman–Crippen MR) is 94.7 cm³/mol. The Morgan fingerprint density at radius 1 is 1.08 bits per heavy atom. The van der Waals surface area contributed by atoms with Crippen molar-refractivity contribution < 1.29 is 19.0 Å². The third-order valence-electron chi connectivity index (χ3n) is 3.20. The molecule has 1 amide bonds. The van der Waals surface area contributed by atoms with Crippen molar-refractivity contribution in [3.8, 4) is 17.2 Å². The fourth-order valence-corrected chi connectivity index (χ4v) is 2.41. The standard InChI is InChI=1S/C18H20ClNO4/c1-4-23-14-8-6-13(7-9-14)20-18(21)12-10-15(19)17(24-5-2)16(11-12)22-3/h6-11H,4-5H2,1-3H3,(H,20,21). The number of hydrogen-bond acceptors (Lipinski definition) is 4. The van der Waals surface area contributed by atoms with E-state index in [1.54, 1.807) is 36.4 Å². The maximum atomic E-state index is 12.4. The second kappa shape index (κ2) is 8.45. The van der Waals surface area contributed by atoms with Gasteiger partial charge in [-0.15, -0.1) is 0 Å². The summed E-state index contributed by atoms with van der Waals surface area (Å²) in [4.78, 5) is 12.4. The highest BCUT2D eigenvalue weighted by Gasteiger charge is 2.16. The lowest BCUT2D eigenvalue weighted by molar-refractivity contribution is 0.102. The first-order valence-electron chi connectivity index (χ1n) is 7.63. The molecule has 1 N–H and O–H groups in total. The fraction of sp³-hybridized carbons (Fsp3) is 0.278. The summed E-state index contributed by atoms with van der Waals surface area (Å²) in [6.07, 6.45) is 0. The number of anilines is 1. The minimum Gasteiger partial charge on any atom is -0.494 e. The molecule has 0 spiro atoms. The minimum atomic E-state index is -0.289. The highest BCUT2D eigenvalue weighted by atomic mass is 35.5. The molecule has 0 fully saturated rings. The van der Waals surface area contributed by atoms with Gasteiger partial charge < -0.3 is 19.5 Å². The molecule has 2 aromatic carbocycles. The molecule has 6 heteroatoms. The number of hydrogen-bond donors (Lipinski definition) is 1.